The number of amides is 1. The maximum Gasteiger partial charge on any atom is 0.271 e. The van der Waals surface area contributed by atoms with Crippen molar-refractivity contribution in [2.24, 2.45) is 7.05 Å². The van der Waals surface area contributed by atoms with Crippen LogP contribution in [0.1, 0.15) is 38.6 Å². The van der Waals surface area contributed by atoms with Gasteiger partial charge in [0.05, 0.1) is 18.5 Å². The average Bonchev–Trinajstić information content (AvgIpc) is 3.19. The first kappa shape index (κ1) is 19.7. The van der Waals surface area contributed by atoms with Gasteiger partial charge in [0.15, 0.2) is 0 Å². The Labute approximate surface area is 165 Å². The monoisotopic (exact) mass is 381 g/mol. The minimum absolute atomic E-state index is 0.107. The quantitative estimate of drug-likeness (QED) is 0.736. The first-order chi connectivity index (χ1) is 13.2. The number of carbonyl (C=O) groups is 1. The summed E-state index contributed by atoms with van der Waals surface area (Å²) in [7, 11) is 5.36. The van der Waals surface area contributed by atoms with Gasteiger partial charge in [0.25, 0.3) is 5.91 Å². The van der Waals surface area contributed by atoms with Gasteiger partial charge in [0, 0.05) is 31.9 Å². The molecule has 0 spiro atoms. The van der Waals surface area contributed by atoms with Crippen LogP contribution in [0.15, 0.2) is 18.2 Å². The van der Waals surface area contributed by atoms with Gasteiger partial charge < -0.3 is 9.64 Å². The van der Waals surface area contributed by atoms with Gasteiger partial charge in [-0.3, -0.25) is 14.6 Å². The summed E-state index contributed by atoms with van der Waals surface area (Å²) < 4.78 is 7.24. The van der Waals surface area contributed by atoms with Gasteiger partial charge in [-0.2, -0.15) is 10.2 Å². The van der Waals surface area contributed by atoms with E-state index in [2.05, 4.69) is 27.4 Å². The largest absolute Gasteiger partial charge is 0.496 e. The molecule has 0 saturated heterocycles. The van der Waals surface area contributed by atoms with Crippen molar-refractivity contribution in [2.45, 2.75) is 34.2 Å². The van der Waals surface area contributed by atoms with Gasteiger partial charge >= 0.3 is 0 Å². The van der Waals surface area contributed by atoms with Crippen LogP contribution in [0.25, 0.3) is 11.3 Å². The minimum atomic E-state index is -0.107. The van der Waals surface area contributed by atoms with Crippen molar-refractivity contribution in [1.82, 2.24) is 24.9 Å². The zero-order valence-electron chi connectivity index (χ0n) is 17.5. The molecule has 148 valence electrons. The second-order valence-electron chi connectivity index (χ2n) is 7.26. The standard InChI is InChI=1S/C21H27N5O2/c1-12-8-16(9-13(2)20(12)28-7)11-25(5)21(27)18-10-17(22-23-18)19-14(3)24-26(6)15(19)4/h8-10H,11H2,1-7H3,(H,22,23). The van der Waals surface area contributed by atoms with E-state index < -0.39 is 0 Å². The molecule has 28 heavy (non-hydrogen) atoms. The molecule has 0 aliphatic heterocycles. The Hall–Kier alpha value is -3.09. The predicted molar refractivity (Wildman–Crippen MR) is 109 cm³/mol. The minimum Gasteiger partial charge on any atom is -0.496 e. The molecular weight excluding hydrogens is 354 g/mol. The van der Waals surface area contributed by atoms with E-state index in [1.807, 2.05) is 39.4 Å². The number of carbonyl (C=O) groups excluding carboxylic acids is 1. The van der Waals surface area contributed by atoms with Crippen molar-refractivity contribution < 1.29 is 9.53 Å². The van der Waals surface area contributed by atoms with Gasteiger partial charge in [-0.1, -0.05) is 12.1 Å². The van der Waals surface area contributed by atoms with Crippen LogP contribution in [-0.4, -0.2) is 44.9 Å². The van der Waals surface area contributed by atoms with Crippen LogP contribution in [0, 0.1) is 27.7 Å². The Morgan fingerprint density at radius 1 is 1.18 bits per heavy atom. The summed E-state index contributed by atoms with van der Waals surface area (Å²) in [5, 5.41) is 11.6. The smallest absolute Gasteiger partial charge is 0.271 e. The maximum absolute atomic E-state index is 12.9. The molecule has 0 bridgehead atoms. The normalized spacial score (nSPS) is 11.0. The van der Waals surface area contributed by atoms with Crippen molar-refractivity contribution in [3.63, 3.8) is 0 Å². The lowest BCUT2D eigenvalue weighted by Gasteiger charge is -2.18. The van der Waals surface area contributed by atoms with Crippen LogP contribution >= 0.6 is 0 Å². The third-order valence-electron chi connectivity index (χ3n) is 5.06. The second-order valence-corrected chi connectivity index (χ2v) is 7.26. The molecule has 0 aliphatic carbocycles. The third-order valence-corrected chi connectivity index (χ3v) is 5.06. The number of nitrogens with one attached hydrogen (secondary N) is 1. The van der Waals surface area contributed by atoms with Gasteiger partial charge in [0.1, 0.15) is 11.4 Å². The van der Waals surface area contributed by atoms with Crippen LogP contribution in [0.2, 0.25) is 0 Å². The number of aromatic amines is 1. The van der Waals surface area contributed by atoms with Crippen molar-refractivity contribution >= 4 is 5.91 Å². The number of nitrogens with zero attached hydrogens (tertiary/aromatic N) is 4. The Bertz CT molecular complexity index is 1010. The number of benzene rings is 1. The highest BCUT2D eigenvalue weighted by Crippen LogP contribution is 2.27. The summed E-state index contributed by atoms with van der Waals surface area (Å²) in [5.41, 5.74) is 7.24. The molecule has 1 N–H and O–H groups in total. The van der Waals surface area contributed by atoms with E-state index in [-0.39, 0.29) is 5.91 Å². The van der Waals surface area contributed by atoms with E-state index in [1.54, 1.807) is 25.1 Å². The van der Waals surface area contributed by atoms with Crippen molar-refractivity contribution in [3.05, 3.63) is 52.0 Å². The highest BCUT2D eigenvalue weighted by Gasteiger charge is 2.19. The number of ether oxygens (including phenoxy) is 1. The van der Waals surface area contributed by atoms with E-state index >= 15 is 0 Å². The maximum atomic E-state index is 12.9. The molecule has 3 rings (SSSR count). The molecule has 0 aliphatic rings. The topological polar surface area (TPSA) is 76.0 Å². The number of aryl methyl sites for hydroxylation is 4. The number of H-pyrrole nitrogens is 1. The van der Waals surface area contributed by atoms with Crippen LogP contribution < -0.4 is 4.74 Å². The highest BCUT2D eigenvalue weighted by atomic mass is 16.5. The fourth-order valence-corrected chi connectivity index (χ4v) is 3.71. The molecular formula is C21H27N5O2. The van der Waals surface area contributed by atoms with Crippen molar-refractivity contribution in [2.75, 3.05) is 14.2 Å². The predicted octanol–water partition coefficient (Wildman–Crippen LogP) is 3.32. The lowest BCUT2D eigenvalue weighted by Crippen LogP contribution is -2.26. The molecule has 0 atom stereocenters. The zero-order chi connectivity index (χ0) is 20.6. The SMILES string of the molecule is COc1c(C)cc(CN(C)C(=O)c2cc(-c3c(C)nn(C)c3C)n[nH]2)cc1C. The summed E-state index contributed by atoms with van der Waals surface area (Å²) in [6.45, 7) is 8.46. The van der Waals surface area contributed by atoms with Gasteiger partial charge in [-0.05, 0) is 50.5 Å². The third kappa shape index (κ3) is 3.52. The molecule has 3 aromatic rings. The lowest BCUT2D eigenvalue weighted by atomic mass is 10.1. The highest BCUT2D eigenvalue weighted by molar-refractivity contribution is 5.93. The molecule has 1 aromatic carbocycles. The second kappa shape index (κ2) is 7.50. The molecule has 2 aromatic heterocycles. The molecule has 7 nitrogen and oxygen atoms in total. The Morgan fingerprint density at radius 2 is 1.82 bits per heavy atom. The molecule has 1 amide bonds. The Kier molecular flexibility index (Phi) is 5.27. The van der Waals surface area contributed by atoms with Gasteiger partial charge in [-0.15, -0.1) is 0 Å². The molecule has 0 saturated carbocycles. The summed E-state index contributed by atoms with van der Waals surface area (Å²) in [5.74, 6) is 0.780. The number of aromatic nitrogens is 4. The molecule has 7 heteroatoms. The van der Waals surface area contributed by atoms with E-state index in [0.717, 1.165) is 45.1 Å². The van der Waals surface area contributed by atoms with Gasteiger partial charge in [-0.25, -0.2) is 0 Å². The summed E-state index contributed by atoms with van der Waals surface area (Å²) in [6.07, 6.45) is 0. The fourth-order valence-electron chi connectivity index (χ4n) is 3.71. The van der Waals surface area contributed by atoms with Crippen LogP contribution in [0.3, 0.4) is 0 Å². The van der Waals surface area contributed by atoms with Crippen molar-refractivity contribution in [1.29, 1.82) is 0 Å². The lowest BCUT2D eigenvalue weighted by molar-refractivity contribution is 0.0779. The first-order valence-electron chi connectivity index (χ1n) is 9.18. The number of rotatable bonds is 5. The van der Waals surface area contributed by atoms with Crippen molar-refractivity contribution in [3.8, 4) is 17.0 Å². The summed E-state index contributed by atoms with van der Waals surface area (Å²) >= 11 is 0. The fraction of sp³-hybridized carbons (Fsp3) is 0.381. The van der Waals surface area contributed by atoms with Gasteiger partial charge in [0.2, 0.25) is 0 Å². The number of hydrogen-bond acceptors (Lipinski definition) is 4. The molecule has 0 unspecified atom stereocenters. The van der Waals surface area contributed by atoms with E-state index in [0.29, 0.717) is 12.2 Å². The van der Waals surface area contributed by atoms with Crippen LogP contribution in [0.4, 0.5) is 0 Å². The van der Waals surface area contributed by atoms with Crippen LogP contribution in [-0.2, 0) is 13.6 Å². The Balaban J connectivity index is 1.80. The van der Waals surface area contributed by atoms with E-state index in [4.69, 9.17) is 4.74 Å². The number of hydrogen-bond donors (Lipinski definition) is 1. The average molecular weight is 381 g/mol. The summed E-state index contributed by atoms with van der Waals surface area (Å²) in [4.78, 5) is 14.6. The van der Waals surface area contributed by atoms with Crippen LogP contribution in [0.5, 0.6) is 5.75 Å². The first-order valence-corrected chi connectivity index (χ1v) is 9.18. The molecule has 0 fully saturated rings. The Morgan fingerprint density at radius 3 is 2.36 bits per heavy atom. The summed E-state index contributed by atoms with van der Waals surface area (Å²) in [6, 6.07) is 5.90. The molecule has 0 radical (unpaired) electrons. The number of methoxy groups -OCH3 is 1. The van der Waals surface area contributed by atoms with E-state index in [1.165, 1.54) is 0 Å². The molecule has 2 heterocycles. The zero-order valence-corrected chi connectivity index (χ0v) is 17.5. The van der Waals surface area contributed by atoms with E-state index in [9.17, 15) is 4.79 Å².